The highest BCUT2D eigenvalue weighted by Gasteiger charge is 2.06. The fraction of sp³-hybridized carbons (Fsp3) is 0.200. The lowest BCUT2D eigenvalue weighted by Gasteiger charge is -2.10. The summed E-state index contributed by atoms with van der Waals surface area (Å²) in [5, 5.41) is 12.0. The van der Waals surface area contributed by atoms with Crippen molar-refractivity contribution in [2.45, 2.75) is 13.5 Å². The molecule has 2 aromatic rings. The van der Waals surface area contributed by atoms with Crippen LogP contribution in [0.1, 0.15) is 16.8 Å². The van der Waals surface area contributed by atoms with Crippen molar-refractivity contribution in [1.29, 1.82) is 5.26 Å². The Morgan fingerprint density at radius 2 is 2.11 bits per heavy atom. The van der Waals surface area contributed by atoms with Gasteiger partial charge < -0.3 is 10.1 Å². The monoisotopic (exact) mass is 253 g/mol. The molecule has 0 radical (unpaired) electrons. The molecule has 0 aliphatic heterocycles. The maximum Gasteiger partial charge on any atom is 0.220 e. The molecule has 0 unspecified atom stereocenters. The second kappa shape index (κ2) is 5.98. The molecule has 0 amide bonds. The maximum atomic E-state index is 8.95. The van der Waals surface area contributed by atoms with Crippen molar-refractivity contribution in [3.63, 3.8) is 0 Å². The normalized spacial score (nSPS) is 9.95. The van der Waals surface area contributed by atoms with Crippen molar-refractivity contribution in [3.05, 3.63) is 53.2 Å². The van der Waals surface area contributed by atoms with E-state index >= 15 is 0 Å². The summed E-state index contributed by atoms with van der Waals surface area (Å²) in [6, 6.07) is 13.2. The molecule has 1 N–H and O–H groups in total. The lowest BCUT2D eigenvalue weighted by Crippen LogP contribution is -2.06. The van der Waals surface area contributed by atoms with Crippen LogP contribution in [0.5, 0.6) is 11.6 Å². The highest BCUT2D eigenvalue weighted by atomic mass is 16.5. The van der Waals surface area contributed by atoms with Crippen LogP contribution in [-0.4, -0.2) is 12.0 Å². The molecule has 4 nitrogen and oxygen atoms in total. The van der Waals surface area contributed by atoms with Gasteiger partial charge >= 0.3 is 0 Å². The van der Waals surface area contributed by atoms with Gasteiger partial charge in [0, 0.05) is 23.9 Å². The van der Waals surface area contributed by atoms with Gasteiger partial charge in [-0.3, -0.25) is 0 Å². The average molecular weight is 253 g/mol. The van der Waals surface area contributed by atoms with Gasteiger partial charge in [0.1, 0.15) is 5.75 Å². The van der Waals surface area contributed by atoms with Gasteiger partial charge in [-0.2, -0.15) is 5.26 Å². The number of aromatic nitrogens is 1. The third-order valence-corrected chi connectivity index (χ3v) is 2.61. The van der Waals surface area contributed by atoms with E-state index in [2.05, 4.69) is 16.4 Å². The van der Waals surface area contributed by atoms with E-state index in [1.807, 2.05) is 38.2 Å². The van der Waals surface area contributed by atoms with Crippen molar-refractivity contribution >= 4 is 0 Å². The average Bonchev–Trinajstić information content (AvgIpc) is 2.40. The van der Waals surface area contributed by atoms with Gasteiger partial charge in [0.15, 0.2) is 0 Å². The van der Waals surface area contributed by atoms with Gasteiger partial charge in [0.05, 0.1) is 11.6 Å². The molecule has 0 aliphatic rings. The van der Waals surface area contributed by atoms with Crippen LogP contribution in [0.25, 0.3) is 0 Å². The Bertz CT molecular complexity index is 617. The summed E-state index contributed by atoms with van der Waals surface area (Å²) in [5.74, 6) is 1.19. The van der Waals surface area contributed by atoms with Crippen LogP contribution in [0.4, 0.5) is 0 Å². The van der Waals surface area contributed by atoms with Crippen LogP contribution in [0.3, 0.4) is 0 Å². The second-order valence-corrected chi connectivity index (χ2v) is 4.19. The zero-order chi connectivity index (χ0) is 13.7. The molecule has 0 atom stereocenters. The number of aryl methyl sites for hydroxylation is 1. The molecule has 0 fully saturated rings. The highest BCUT2D eigenvalue weighted by molar-refractivity contribution is 5.39. The summed E-state index contributed by atoms with van der Waals surface area (Å²) in [6.45, 7) is 2.56. The molecule has 0 saturated heterocycles. The smallest absolute Gasteiger partial charge is 0.220 e. The summed E-state index contributed by atoms with van der Waals surface area (Å²) < 4.78 is 5.78. The van der Waals surface area contributed by atoms with Crippen molar-refractivity contribution < 1.29 is 4.74 Å². The predicted octanol–water partition coefficient (Wildman–Crippen LogP) is 2.77. The minimum absolute atomic E-state index is 0.445. The summed E-state index contributed by atoms with van der Waals surface area (Å²) in [4.78, 5) is 4.28. The van der Waals surface area contributed by atoms with Gasteiger partial charge in [-0.25, -0.2) is 4.98 Å². The molecular formula is C15H15N3O. The van der Waals surface area contributed by atoms with Crippen LogP contribution in [0, 0.1) is 18.3 Å². The second-order valence-electron chi connectivity index (χ2n) is 4.19. The zero-order valence-electron chi connectivity index (χ0n) is 11.0. The first-order valence-electron chi connectivity index (χ1n) is 6.02. The largest absolute Gasteiger partial charge is 0.439 e. The fourth-order valence-corrected chi connectivity index (χ4v) is 1.81. The number of pyridine rings is 1. The Morgan fingerprint density at radius 1 is 1.32 bits per heavy atom. The summed E-state index contributed by atoms with van der Waals surface area (Å²) in [7, 11) is 1.88. The first-order chi connectivity index (χ1) is 9.22. The first kappa shape index (κ1) is 13.1. The number of ether oxygens (including phenoxy) is 1. The fourth-order valence-electron chi connectivity index (χ4n) is 1.81. The van der Waals surface area contributed by atoms with Crippen molar-refractivity contribution in [2.24, 2.45) is 0 Å². The van der Waals surface area contributed by atoms with E-state index in [0.717, 1.165) is 17.0 Å². The molecule has 96 valence electrons. The third-order valence-electron chi connectivity index (χ3n) is 2.61. The number of para-hydroxylation sites is 1. The van der Waals surface area contributed by atoms with Gasteiger partial charge in [-0.1, -0.05) is 18.2 Å². The van der Waals surface area contributed by atoms with Crippen LogP contribution in [0.15, 0.2) is 36.4 Å². The Kier molecular flexibility index (Phi) is 4.11. The topological polar surface area (TPSA) is 57.9 Å². The van der Waals surface area contributed by atoms with Gasteiger partial charge in [0.2, 0.25) is 5.88 Å². The number of nitriles is 1. The minimum Gasteiger partial charge on any atom is -0.439 e. The van der Waals surface area contributed by atoms with Crippen molar-refractivity contribution in [3.8, 4) is 17.7 Å². The molecule has 0 bridgehead atoms. The molecule has 1 aromatic heterocycles. The molecule has 0 aliphatic carbocycles. The van der Waals surface area contributed by atoms with Crippen LogP contribution in [0.2, 0.25) is 0 Å². The van der Waals surface area contributed by atoms with Gasteiger partial charge in [0.25, 0.3) is 0 Å². The number of benzene rings is 1. The van der Waals surface area contributed by atoms with Crippen molar-refractivity contribution in [2.75, 3.05) is 7.05 Å². The van der Waals surface area contributed by atoms with Crippen molar-refractivity contribution in [1.82, 2.24) is 10.3 Å². The van der Waals surface area contributed by atoms with Crippen LogP contribution in [-0.2, 0) is 6.54 Å². The first-order valence-corrected chi connectivity index (χ1v) is 6.02. The van der Waals surface area contributed by atoms with Crippen LogP contribution < -0.4 is 10.1 Å². The van der Waals surface area contributed by atoms with E-state index < -0.39 is 0 Å². The van der Waals surface area contributed by atoms with E-state index in [0.29, 0.717) is 18.0 Å². The molecule has 0 spiro atoms. The summed E-state index contributed by atoms with van der Waals surface area (Å²) in [5.41, 5.74) is 2.36. The van der Waals surface area contributed by atoms with Crippen LogP contribution >= 0.6 is 0 Å². The SMILES string of the molecule is CNCc1ccccc1Oc1cc(C#N)cc(C)n1. The molecule has 4 heteroatoms. The Hall–Kier alpha value is -2.38. The van der Waals surface area contributed by atoms with E-state index in [4.69, 9.17) is 10.00 Å². The molecule has 2 rings (SSSR count). The van der Waals surface area contributed by atoms with E-state index in [9.17, 15) is 0 Å². The Labute approximate surface area is 112 Å². The number of hydrogen-bond acceptors (Lipinski definition) is 4. The standard InChI is InChI=1S/C15H15N3O/c1-11-7-12(9-16)8-15(18-11)19-14-6-4-3-5-13(14)10-17-2/h3-8,17H,10H2,1-2H3. The summed E-state index contributed by atoms with van der Waals surface area (Å²) >= 11 is 0. The zero-order valence-corrected chi connectivity index (χ0v) is 11.0. The summed E-state index contributed by atoms with van der Waals surface area (Å²) in [6.07, 6.45) is 0. The molecular weight excluding hydrogens is 238 g/mol. The lowest BCUT2D eigenvalue weighted by molar-refractivity contribution is 0.454. The predicted molar refractivity (Wildman–Crippen MR) is 73.0 cm³/mol. The number of hydrogen-bond donors (Lipinski definition) is 1. The van der Waals surface area contributed by atoms with Gasteiger partial charge in [-0.05, 0) is 26.1 Å². The molecule has 19 heavy (non-hydrogen) atoms. The van der Waals surface area contributed by atoms with Gasteiger partial charge in [-0.15, -0.1) is 0 Å². The maximum absolute atomic E-state index is 8.95. The lowest BCUT2D eigenvalue weighted by atomic mass is 10.2. The Balaban J connectivity index is 2.31. The quantitative estimate of drug-likeness (QED) is 0.910. The Morgan fingerprint density at radius 3 is 2.84 bits per heavy atom. The van der Waals surface area contributed by atoms with E-state index in [-0.39, 0.29) is 0 Å². The highest BCUT2D eigenvalue weighted by Crippen LogP contribution is 2.24. The number of nitrogens with one attached hydrogen (secondary N) is 1. The minimum atomic E-state index is 0.445. The third kappa shape index (κ3) is 3.30. The molecule has 1 aromatic carbocycles. The molecule has 0 saturated carbocycles. The van der Waals surface area contributed by atoms with E-state index in [1.54, 1.807) is 12.1 Å². The number of nitrogens with zero attached hydrogens (tertiary/aromatic N) is 2. The number of rotatable bonds is 4. The van der Waals surface area contributed by atoms with E-state index in [1.165, 1.54) is 0 Å². The molecule has 1 heterocycles.